The molecule has 0 spiro atoms. The van der Waals surface area contributed by atoms with Crippen molar-refractivity contribution in [1.82, 2.24) is 5.32 Å². The number of aliphatic hydroxyl groups excluding tert-OH is 1. The van der Waals surface area contributed by atoms with Crippen molar-refractivity contribution in [1.29, 1.82) is 0 Å². The van der Waals surface area contributed by atoms with Gasteiger partial charge in [0.25, 0.3) is 12.1 Å². The average Bonchev–Trinajstić information content (AvgIpc) is 3.00. The molecule has 1 unspecified atom stereocenters. The molecule has 7 heteroatoms. The molecule has 0 saturated carbocycles. The predicted molar refractivity (Wildman–Crippen MR) is 79.3 cm³/mol. The highest BCUT2D eigenvalue weighted by Gasteiger charge is 2.48. The largest absolute Gasteiger partial charge is 0.395 e. The Morgan fingerprint density at radius 3 is 2.86 bits per heavy atom. The van der Waals surface area contributed by atoms with Gasteiger partial charge in [0, 0.05) is 6.54 Å². The van der Waals surface area contributed by atoms with Crippen LogP contribution in [0.25, 0.3) is 0 Å². The molecule has 2 heterocycles. The molecular weight excluding hydrogens is 270 g/mol. The lowest BCUT2D eigenvalue weighted by Gasteiger charge is -2.13. The van der Waals surface area contributed by atoms with E-state index in [9.17, 15) is 9.90 Å². The van der Waals surface area contributed by atoms with Crippen LogP contribution in [-0.2, 0) is 4.79 Å². The van der Waals surface area contributed by atoms with E-state index in [-0.39, 0.29) is 12.5 Å². The van der Waals surface area contributed by atoms with Crippen LogP contribution in [0, 0.1) is 5.41 Å². The van der Waals surface area contributed by atoms with Crippen molar-refractivity contribution >= 4 is 17.5 Å². The molecule has 0 radical (unpaired) electrons. The van der Waals surface area contributed by atoms with Gasteiger partial charge in [-0.25, -0.2) is 0 Å². The molecule has 2 rings (SSSR count). The van der Waals surface area contributed by atoms with Crippen LogP contribution in [0.1, 0.15) is 33.6 Å². The molecule has 0 aliphatic carbocycles. The van der Waals surface area contributed by atoms with Crippen molar-refractivity contribution in [2.45, 2.75) is 39.8 Å². The maximum Gasteiger partial charge on any atom is 0.356 e. The van der Waals surface area contributed by atoms with Gasteiger partial charge in [-0.05, 0) is 25.4 Å². The van der Waals surface area contributed by atoms with Gasteiger partial charge in [0.2, 0.25) is 0 Å². The van der Waals surface area contributed by atoms with E-state index in [1.165, 1.54) is 0 Å². The number of amidine groups is 1. The Hall–Kier alpha value is -1.89. The van der Waals surface area contributed by atoms with Gasteiger partial charge in [0.1, 0.15) is 0 Å². The molecule has 0 fully saturated rings. The number of unbranched alkanes of at least 4 members (excludes halogenated alkanes) is 1. The second-order valence-electron chi connectivity index (χ2n) is 5.88. The Kier molecular flexibility index (Phi) is 4.32. The molecule has 0 aromatic rings. The van der Waals surface area contributed by atoms with Crippen molar-refractivity contribution in [3.8, 4) is 0 Å². The van der Waals surface area contributed by atoms with E-state index >= 15 is 0 Å². The lowest BCUT2D eigenvalue weighted by atomic mass is 9.93. The quantitative estimate of drug-likeness (QED) is 0.566. The first-order chi connectivity index (χ1) is 9.92. The Morgan fingerprint density at radius 1 is 1.52 bits per heavy atom. The fourth-order valence-electron chi connectivity index (χ4n) is 2.10. The van der Waals surface area contributed by atoms with Crippen LogP contribution in [0.15, 0.2) is 27.5 Å². The zero-order valence-corrected chi connectivity index (χ0v) is 12.8. The maximum atomic E-state index is 12.1. The summed E-state index contributed by atoms with van der Waals surface area (Å²) in [7, 11) is 0. The molecule has 0 aromatic heterocycles. The number of rotatable bonds is 6. The zero-order chi connectivity index (χ0) is 15.6. The van der Waals surface area contributed by atoms with Crippen LogP contribution < -0.4 is 5.32 Å². The van der Waals surface area contributed by atoms with Gasteiger partial charge in [-0.2, -0.15) is 0 Å². The Labute approximate surface area is 124 Å². The van der Waals surface area contributed by atoms with Crippen molar-refractivity contribution in [2.24, 2.45) is 20.7 Å². The van der Waals surface area contributed by atoms with E-state index in [1.54, 1.807) is 4.68 Å². The number of nitrogens with zero attached hydrogens (tertiary/aromatic N) is 4. The number of hydrazone groups is 1. The number of azo groups is 1. The third-order valence-corrected chi connectivity index (χ3v) is 3.57. The number of hydrogen-bond donors (Lipinski definition) is 2. The number of hydrogen-bond acceptors (Lipinski definition) is 5. The smallest absolute Gasteiger partial charge is 0.356 e. The summed E-state index contributed by atoms with van der Waals surface area (Å²) in [6, 6.07) is 0. The van der Waals surface area contributed by atoms with Crippen molar-refractivity contribution in [3.63, 3.8) is 0 Å². The molecule has 7 nitrogen and oxygen atoms in total. The minimum absolute atomic E-state index is 0.0788. The van der Waals surface area contributed by atoms with Gasteiger partial charge in [-0.1, -0.05) is 29.7 Å². The predicted octanol–water partition coefficient (Wildman–Crippen LogP) is 1.05. The molecule has 2 aliphatic rings. The number of fused-ring (bicyclic) bond motifs is 1. The van der Waals surface area contributed by atoms with Gasteiger partial charge >= 0.3 is 5.84 Å². The maximum absolute atomic E-state index is 12.1. The normalized spacial score (nSPS) is 20.9. The number of nitrogens with one attached hydrogen (secondary N) is 1. The van der Waals surface area contributed by atoms with Crippen molar-refractivity contribution in [2.75, 3.05) is 13.2 Å². The summed E-state index contributed by atoms with van der Waals surface area (Å²) in [6.45, 7) is 10.2. The van der Waals surface area contributed by atoms with E-state index in [2.05, 4.69) is 34.1 Å². The van der Waals surface area contributed by atoms with Crippen molar-refractivity contribution in [3.05, 3.63) is 12.2 Å². The lowest BCUT2D eigenvalue weighted by Crippen LogP contribution is -2.32. The minimum atomic E-state index is -0.573. The summed E-state index contributed by atoms with van der Waals surface area (Å²) < 4.78 is 1.58. The van der Waals surface area contributed by atoms with Gasteiger partial charge in [0.15, 0.2) is 5.71 Å². The molecule has 1 atom stereocenters. The molecule has 0 aromatic carbocycles. The fraction of sp³-hybridized carbons (Fsp3) is 0.643. The highest BCUT2D eigenvalue weighted by Crippen LogP contribution is 2.29. The summed E-state index contributed by atoms with van der Waals surface area (Å²) in [4.78, 5) is 12.1. The van der Waals surface area contributed by atoms with E-state index in [4.69, 9.17) is 0 Å². The molecule has 0 bridgehead atoms. The van der Waals surface area contributed by atoms with Crippen LogP contribution in [0.4, 0.5) is 0 Å². The van der Waals surface area contributed by atoms with Crippen LogP contribution in [0.3, 0.4) is 0 Å². The zero-order valence-electron chi connectivity index (χ0n) is 12.8. The monoisotopic (exact) mass is 292 g/mol. The van der Waals surface area contributed by atoms with Crippen molar-refractivity contribution < 1.29 is 14.6 Å². The summed E-state index contributed by atoms with van der Waals surface area (Å²) in [5.74, 6) is 0.312. The molecule has 2 N–H and O–H groups in total. The number of carbonyl (C=O) groups is 1. The molecular formula is C14H22N5O2+. The summed E-state index contributed by atoms with van der Waals surface area (Å²) in [5.41, 5.74) is 0.258. The van der Waals surface area contributed by atoms with E-state index in [0.29, 0.717) is 23.7 Å². The standard InChI is InChI=1S/C14H21N5O2/c1-5-6-7-15-12(21)10-9(2)11-16-17-13(19(11)18-10)14(3,4)8-20/h11,20H,2,5-8H2,1,3-4H3/p+1. The molecule has 1 amide bonds. The topological polar surface area (TPSA) is 89.4 Å². The third-order valence-electron chi connectivity index (χ3n) is 3.57. The van der Waals surface area contributed by atoms with Gasteiger partial charge < -0.3 is 10.4 Å². The number of carbonyl (C=O) groups excluding carboxylic acids is 1. The number of aliphatic hydroxyl groups is 1. The minimum Gasteiger partial charge on any atom is -0.395 e. The third kappa shape index (κ3) is 2.78. The Morgan fingerprint density at radius 2 is 2.24 bits per heavy atom. The van der Waals surface area contributed by atoms with E-state index in [1.807, 2.05) is 13.8 Å². The van der Waals surface area contributed by atoms with Crippen LogP contribution >= 0.6 is 0 Å². The van der Waals surface area contributed by atoms with Gasteiger partial charge in [0.05, 0.1) is 22.7 Å². The average molecular weight is 292 g/mol. The summed E-state index contributed by atoms with van der Waals surface area (Å²) >= 11 is 0. The lowest BCUT2D eigenvalue weighted by molar-refractivity contribution is -0.550. The molecule has 2 aliphatic heterocycles. The van der Waals surface area contributed by atoms with E-state index < -0.39 is 11.6 Å². The fourth-order valence-corrected chi connectivity index (χ4v) is 2.10. The Bertz CT molecular complexity index is 560. The van der Waals surface area contributed by atoms with Gasteiger partial charge in [-0.3, -0.25) is 4.79 Å². The highest BCUT2D eigenvalue weighted by molar-refractivity contribution is 6.45. The van der Waals surface area contributed by atoms with E-state index in [0.717, 1.165) is 12.8 Å². The van der Waals surface area contributed by atoms with Gasteiger partial charge in [-0.15, -0.1) is 0 Å². The van der Waals surface area contributed by atoms with Crippen LogP contribution in [-0.4, -0.2) is 46.6 Å². The number of amides is 1. The second-order valence-corrected chi connectivity index (χ2v) is 5.88. The van der Waals surface area contributed by atoms with Crippen LogP contribution in [0.5, 0.6) is 0 Å². The summed E-state index contributed by atoms with van der Waals surface area (Å²) in [5, 5.41) is 24.8. The summed E-state index contributed by atoms with van der Waals surface area (Å²) in [6.07, 6.45) is 1.48. The second kappa shape index (κ2) is 5.85. The first kappa shape index (κ1) is 15.5. The SMILES string of the molecule is C=C1C(C(=O)NCCCC)=N[N+]2=C(C(C)(C)CO)N=NC12. The molecule has 114 valence electrons. The van der Waals surface area contributed by atoms with Crippen LogP contribution in [0.2, 0.25) is 0 Å². The molecule has 0 saturated heterocycles. The first-order valence-corrected chi connectivity index (χ1v) is 7.16. The molecule has 21 heavy (non-hydrogen) atoms. The Balaban J connectivity index is 2.24. The highest BCUT2D eigenvalue weighted by atomic mass is 16.3. The first-order valence-electron chi connectivity index (χ1n) is 7.16.